The fourth-order valence-electron chi connectivity index (χ4n) is 4.02. The maximum Gasteiger partial charge on any atom is 0.179 e. The van der Waals surface area contributed by atoms with Gasteiger partial charge in [0.15, 0.2) is 17.3 Å². The van der Waals surface area contributed by atoms with Gasteiger partial charge in [0.25, 0.3) is 0 Å². The quantitative estimate of drug-likeness (QED) is 0.828. The second-order valence-electron chi connectivity index (χ2n) is 7.78. The van der Waals surface area contributed by atoms with Crippen molar-refractivity contribution in [1.29, 1.82) is 5.26 Å². The van der Waals surface area contributed by atoms with Crippen molar-refractivity contribution in [2.75, 3.05) is 14.2 Å². The number of hydrogen-bond donors (Lipinski definition) is 1. The number of hydrogen-bond acceptors (Lipinski definition) is 5. The van der Waals surface area contributed by atoms with Crippen LogP contribution in [0.1, 0.15) is 45.1 Å². The summed E-state index contributed by atoms with van der Waals surface area (Å²) in [4.78, 5) is 13.0. The Bertz CT molecular complexity index is 922. The number of allylic oxidation sites excluding steroid dienone is 4. The normalized spacial score (nSPS) is 21.4. The number of Topliss-reactive ketones (excluding diaryl/α,β-unsaturated/α-hetero) is 1. The molecule has 6 heteroatoms. The van der Waals surface area contributed by atoms with Crippen molar-refractivity contribution in [2.45, 2.75) is 39.5 Å². The average molecular weight is 387 g/mol. The van der Waals surface area contributed by atoms with Crippen LogP contribution in [0.3, 0.4) is 0 Å². The highest BCUT2D eigenvalue weighted by Crippen LogP contribution is 2.48. The first-order valence-corrected chi connectivity index (χ1v) is 9.15. The summed E-state index contributed by atoms with van der Waals surface area (Å²) in [5.74, 6) is 0.498. The Hall–Kier alpha value is -2.45. The number of carbonyl (C=O) groups is 1. The van der Waals surface area contributed by atoms with Gasteiger partial charge in [-0.05, 0) is 36.5 Å². The maximum atomic E-state index is 13.0. The Morgan fingerprint density at radius 2 is 1.96 bits per heavy atom. The number of nitrogens with zero attached hydrogens (tertiary/aromatic N) is 1. The molecule has 1 heterocycles. The first kappa shape index (κ1) is 19.3. The van der Waals surface area contributed by atoms with Crippen LogP contribution in [0, 0.1) is 16.7 Å². The lowest BCUT2D eigenvalue weighted by Crippen LogP contribution is -2.36. The van der Waals surface area contributed by atoms with Crippen LogP contribution in [0.4, 0.5) is 0 Å². The molecular weight excluding hydrogens is 364 g/mol. The monoisotopic (exact) mass is 386 g/mol. The van der Waals surface area contributed by atoms with Gasteiger partial charge in [0, 0.05) is 23.4 Å². The van der Waals surface area contributed by atoms with Crippen molar-refractivity contribution in [3.05, 3.63) is 45.3 Å². The standard InChI is InChI=1S/C21H23ClN2O3/c1-11-13(10-23)18(12-6-14(22)20(27-5)17(7-12)26-4)19-15(24-11)8-21(2,3)9-16(19)25/h6-7,18,24H,8-9H2,1-5H3/t18-/m1/s1. The number of methoxy groups -OCH3 is 2. The maximum absolute atomic E-state index is 13.0. The van der Waals surface area contributed by atoms with E-state index in [1.165, 1.54) is 14.2 Å². The van der Waals surface area contributed by atoms with Gasteiger partial charge in [0.2, 0.25) is 0 Å². The Balaban J connectivity index is 2.23. The number of dihydropyridines is 1. The summed E-state index contributed by atoms with van der Waals surface area (Å²) in [7, 11) is 3.05. The predicted molar refractivity (Wildman–Crippen MR) is 104 cm³/mol. The van der Waals surface area contributed by atoms with E-state index in [0.29, 0.717) is 34.1 Å². The van der Waals surface area contributed by atoms with Gasteiger partial charge in [-0.1, -0.05) is 25.4 Å². The largest absolute Gasteiger partial charge is 0.493 e. The molecule has 0 amide bonds. The van der Waals surface area contributed by atoms with E-state index < -0.39 is 5.92 Å². The molecule has 0 aromatic heterocycles. The molecule has 142 valence electrons. The third-order valence-electron chi connectivity index (χ3n) is 5.15. The number of rotatable bonds is 3. The van der Waals surface area contributed by atoms with Gasteiger partial charge < -0.3 is 14.8 Å². The number of nitrogens with one attached hydrogen (secondary N) is 1. The number of carbonyl (C=O) groups excluding carboxylic acids is 1. The third-order valence-corrected chi connectivity index (χ3v) is 5.43. The second kappa shape index (κ2) is 6.94. The van der Waals surface area contributed by atoms with E-state index in [4.69, 9.17) is 21.1 Å². The lowest BCUT2D eigenvalue weighted by molar-refractivity contribution is -0.118. The molecule has 1 aromatic rings. The number of halogens is 1. The molecule has 0 fully saturated rings. The lowest BCUT2D eigenvalue weighted by Gasteiger charge is -2.38. The fraction of sp³-hybridized carbons (Fsp3) is 0.429. The molecule has 2 aliphatic rings. The van der Waals surface area contributed by atoms with E-state index in [2.05, 4.69) is 25.2 Å². The molecule has 0 unspecified atom stereocenters. The van der Waals surface area contributed by atoms with E-state index in [9.17, 15) is 10.1 Å². The summed E-state index contributed by atoms with van der Waals surface area (Å²) in [5, 5.41) is 13.5. The van der Waals surface area contributed by atoms with Crippen LogP contribution in [0.5, 0.6) is 11.5 Å². The minimum absolute atomic E-state index is 0.0601. The Morgan fingerprint density at radius 3 is 2.56 bits per heavy atom. The summed E-state index contributed by atoms with van der Waals surface area (Å²) in [6, 6.07) is 5.82. The Labute approximate surface area is 164 Å². The summed E-state index contributed by atoms with van der Waals surface area (Å²) >= 11 is 6.40. The number of ether oxygens (including phenoxy) is 2. The molecular formula is C21H23ClN2O3. The molecule has 5 nitrogen and oxygen atoms in total. The Morgan fingerprint density at radius 1 is 1.26 bits per heavy atom. The fourth-order valence-corrected chi connectivity index (χ4v) is 4.32. The molecule has 1 N–H and O–H groups in total. The molecule has 1 aliphatic carbocycles. The van der Waals surface area contributed by atoms with Crippen molar-refractivity contribution in [3.8, 4) is 17.6 Å². The molecule has 0 saturated carbocycles. The van der Waals surface area contributed by atoms with Crippen molar-refractivity contribution in [2.24, 2.45) is 5.41 Å². The van der Waals surface area contributed by atoms with Crippen LogP contribution < -0.4 is 14.8 Å². The van der Waals surface area contributed by atoms with Crippen LogP contribution in [0.15, 0.2) is 34.7 Å². The topological polar surface area (TPSA) is 71.3 Å². The van der Waals surface area contributed by atoms with E-state index in [1.807, 2.05) is 6.92 Å². The average Bonchev–Trinajstić information content (AvgIpc) is 2.58. The molecule has 27 heavy (non-hydrogen) atoms. The van der Waals surface area contributed by atoms with E-state index >= 15 is 0 Å². The minimum Gasteiger partial charge on any atom is -0.493 e. The highest BCUT2D eigenvalue weighted by atomic mass is 35.5. The van der Waals surface area contributed by atoms with Crippen LogP contribution in [0.25, 0.3) is 0 Å². The number of ketones is 1. The molecule has 0 saturated heterocycles. The molecule has 3 rings (SSSR count). The second-order valence-corrected chi connectivity index (χ2v) is 8.19. The van der Waals surface area contributed by atoms with E-state index in [1.54, 1.807) is 12.1 Å². The summed E-state index contributed by atoms with van der Waals surface area (Å²) in [6.07, 6.45) is 1.20. The smallest absolute Gasteiger partial charge is 0.179 e. The first-order valence-electron chi connectivity index (χ1n) is 8.78. The highest BCUT2D eigenvalue weighted by Gasteiger charge is 2.41. The van der Waals surface area contributed by atoms with Gasteiger partial charge >= 0.3 is 0 Å². The number of benzene rings is 1. The molecule has 0 radical (unpaired) electrons. The van der Waals surface area contributed by atoms with Crippen molar-refractivity contribution < 1.29 is 14.3 Å². The Kier molecular flexibility index (Phi) is 4.96. The summed E-state index contributed by atoms with van der Waals surface area (Å²) < 4.78 is 10.7. The SMILES string of the molecule is COc1cc([C@@H]2C(C#N)=C(C)NC3=C2C(=O)CC(C)(C)C3)cc(Cl)c1OC. The molecule has 1 aromatic carbocycles. The molecule has 0 spiro atoms. The zero-order valence-corrected chi connectivity index (χ0v) is 17.0. The van der Waals surface area contributed by atoms with Gasteiger partial charge in [0.05, 0.1) is 36.8 Å². The third kappa shape index (κ3) is 3.30. The van der Waals surface area contributed by atoms with Crippen LogP contribution >= 0.6 is 11.6 Å². The van der Waals surface area contributed by atoms with E-state index in [-0.39, 0.29) is 11.2 Å². The molecule has 1 aliphatic heterocycles. The minimum atomic E-state index is -0.466. The van der Waals surface area contributed by atoms with Crippen LogP contribution in [-0.4, -0.2) is 20.0 Å². The van der Waals surface area contributed by atoms with Crippen LogP contribution in [-0.2, 0) is 4.79 Å². The van der Waals surface area contributed by atoms with Gasteiger partial charge in [-0.2, -0.15) is 5.26 Å². The van der Waals surface area contributed by atoms with Crippen molar-refractivity contribution in [1.82, 2.24) is 5.32 Å². The van der Waals surface area contributed by atoms with Gasteiger partial charge in [-0.25, -0.2) is 0 Å². The van der Waals surface area contributed by atoms with Gasteiger partial charge in [0.1, 0.15) is 0 Å². The highest BCUT2D eigenvalue weighted by molar-refractivity contribution is 6.32. The molecule has 1 atom stereocenters. The van der Waals surface area contributed by atoms with Crippen LogP contribution in [0.2, 0.25) is 5.02 Å². The summed E-state index contributed by atoms with van der Waals surface area (Å²) in [6.45, 7) is 6.03. The first-order chi connectivity index (χ1) is 12.7. The van der Waals surface area contributed by atoms with Crippen molar-refractivity contribution >= 4 is 17.4 Å². The number of nitriles is 1. The van der Waals surface area contributed by atoms with Gasteiger partial charge in [-0.15, -0.1) is 0 Å². The molecule has 0 bridgehead atoms. The predicted octanol–water partition coefficient (Wildman–Crippen LogP) is 4.48. The van der Waals surface area contributed by atoms with Crippen molar-refractivity contribution in [3.63, 3.8) is 0 Å². The van der Waals surface area contributed by atoms with Gasteiger partial charge in [-0.3, -0.25) is 4.79 Å². The van der Waals surface area contributed by atoms with E-state index in [0.717, 1.165) is 23.4 Å². The lowest BCUT2D eigenvalue weighted by atomic mass is 9.69. The summed E-state index contributed by atoms with van der Waals surface area (Å²) in [5.41, 5.74) is 3.45. The zero-order valence-electron chi connectivity index (χ0n) is 16.2. The zero-order chi connectivity index (χ0) is 19.9.